The van der Waals surface area contributed by atoms with Crippen LogP contribution in [-0.2, 0) is 19.1 Å². The lowest BCUT2D eigenvalue weighted by Crippen LogP contribution is -2.71. The summed E-state index contributed by atoms with van der Waals surface area (Å²) >= 11 is 0. The standard InChI is InChI=1S/C33H39NO9/c1-31-11-10-24(42-29(38)18-8-9-18)32(2,16-40-28(37)17-6-7-17)22(31)14-23(35)33(3)27(31)26(36)25-21(43-33)13-20(41-30(25)39)19-5-4-12-34-15-19/h4-5,12-13,15,17-18,22-24,26-27,35-36H,6-11,14,16H2,1-3H3. The van der Waals surface area contributed by atoms with Gasteiger partial charge in [0.05, 0.1) is 24.0 Å². The molecule has 1 aliphatic heterocycles. The van der Waals surface area contributed by atoms with E-state index in [-0.39, 0.29) is 59.8 Å². The van der Waals surface area contributed by atoms with Gasteiger partial charge in [0, 0.05) is 35.4 Å². The SMILES string of the molecule is CC1(COC(=O)C2CC2)C(OC(=O)C2CC2)CCC2(C)C1CC(O)C1(C)Oc3cc(-c4cccnc4)oc(=O)c3C(O)C21. The van der Waals surface area contributed by atoms with Crippen molar-refractivity contribution in [1.82, 2.24) is 4.98 Å². The molecule has 0 amide bonds. The minimum Gasteiger partial charge on any atom is -0.484 e. The molecule has 0 saturated heterocycles. The fourth-order valence-electron chi connectivity index (χ4n) is 8.45. The third kappa shape index (κ3) is 4.51. The smallest absolute Gasteiger partial charge is 0.345 e. The predicted octanol–water partition coefficient (Wildman–Crippen LogP) is 3.96. The Kier molecular flexibility index (Phi) is 6.56. The molecule has 8 unspecified atom stereocenters. The van der Waals surface area contributed by atoms with Crippen LogP contribution in [0.4, 0.5) is 0 Å². The lowest BCUT2D eigenvalue weighted by Gasteiger charge is -2.66. The molecule has 3 heterocycles. The van der Waals surface area contributed by atoms with E-state index in [1.54, 1.807) is 37.5 Å². The van der Waals surface area contributed by atoms with Gasteiger partial charge in [0.2, 0.25) is 0 Å². The summed E-state index contributed by atoms with van der Waals surface area (Å²) in [5, 5.41) is 23.8. The number of aliphatic hydroxyl groups excluding tert-OH is 2. The van der Waals surface area contributed by atoms with Crippen molar-refractivity contribution in [1.29, 1.82) is 0 Å². The summed E-state index contributed by atoms with van der Waals surface area (Å²) in [7, 11) is 0. The molecule has 2 aromatic heterocycles. The number of rotatable bonds is 6. The third-order valence-corrected chi connectivity index (χ3v) is 11.2. The van der Waals surface area contributed by atoms with Crippen molar-refractivity contribution in [3.63, 3.8) is 0 Å². The van der Waals surface area contributed by atoms with Crippen LogP contribution < -0.4 is 10.4 Å². The minimum absolute atomic E-state index is 0.0216. The second-order valence-corrected chi connectivity index (χ2v) is 14.1. The van der Waals surface area contributed by atoms with Crippen LogP contribution in [0.1, 0.15) is 77.4 Å². The van der Waals surface area contributed by atoms with Crippen LogP contribution in [0.2, 0.25) is 0 Å². The average molecular weight is 594 g/mol. The molecule has 230 valence electrons. The summed E-state index contributed by atoms with van der Waals surface area (Å²) in [6.45, 7) is 5.84. The van der Waals surface area contributed by atoms with E-state index in [2.05, 4.69) is 11.9 Å². The number of nitrogens with zero attached hydrogens (tertiary/aromatic N) is 1. The highest BCUT2D eigenvalue weighted by atomic mass is 16.6. The second-order valence-electron chi connectivity index (χ2n) is 14.1. The number of ether oxygens (including phenoxy) is 3. The Bertz CT molecular complexity index is 1500. The van der Waals surface area contributed by atoms with Crippen molar-refractivity contribution in [2.75, 3.05) is 6.61 Å². The maximum Gasteiger partial charge on any atom is 0.345 e. The van der Waals surface area contributed by atoms with Crippen molar-refractivity contribution in [2.45, 2.75) is 89.6 Å². The molecule has 8 atom stereocenters. The first-order valence-electron chi connectivity index (χ1n) is 15.5. The van der Waals surface area contributed by atoms with Gasteiger partial charge in [-0.3, -0.25) is 14.6 Å². The Balaban J connectivity index is 1.27. The maximum atomic E-state index is 13.4. The molecule has 5 aliphatic rings. The summed E-state index contributed by atoms with van der Waals surface area (Å²) in [5.74, 6) is -1.26. The summed E-state index contributed by atoms with van der Waals surface area (Å²) in [4.78, 5) is 43.1. The van der Waals surface area contributed by atoms with Gasteiger partial charge >= 0.3 is 17.6 Å². The summed E-state index contributed by atoms with van der Waals surface area (Å²) in [5.41, 5.74) is -2.85. The Morgan fingerprint density at radius 1 is 1.07 bits per heavy atom. The number of carbonyl (C=O) groups is 2. The van der Waals surface area contributed by atoms with Crippen LogP contribution in [0.3, 0.4) is 0 Å². The zero-order chi connectivity index (χ0) is 30.3. The molecule has 0 spiro atoms. The molecular formula is C33H39NO9. The molecule has 0 aromatic carbocycles. The molecule has 4 saturated carbocycles. The normalized spacial score (nSPS) is 38.1. The quantitative estimate of drug-likeness (QED) is 0.472. The lowest BCUT2D eigenvalue weighted by molar-refractivity contribution is -0.267. The van der Waals surface area contributed by atoms with E-state index in [1.807, 2.05) is 6.92 Å². The van der Waals surface area contributed by atoms with Gasteiger partial charge < -0.3 is 28.8 Å². The van der Waals surface area contributed by atoms with Crippen LogP contribution in [-0.4, -0.2) is 51.6 Å². The third-order valence-electron chi connectivity index (χ3n) is 11.2. The van der Waals surface area contributed by atoms with Crippen molar-refractivity contribution >= 4 is 11.9 Å². The number of aromatic nitrogens is 1. The topological polar surface area (TPSA) is 145 Å². The van der Waals surface area contributed by atoms with Crippen molar-refractivity contribution < 1.29 is 38.4 Å². The van der Waals surface area contributed by atoms with Gasteiger partial charge in [-0.25, -0.2) is 4.79 Å². The number of fused-ring (bicyclic) bond motifs is 4. The lowest BCUT2D eigenvalue weighted by atomic mass is 9.42. The van der Waals surface area contributed by atoms with E-state index >= 15 is 0 Å². The Hall–Kier alpha value is -3.24. The Morgan fingerprint density at radius 3 is 2.47 bits per heavy atom. The maximum absolute atomic E-state index is 13.4. The highest BCUT2D eigenvalue weighted by molar-refractivity contribution is 5.75. The summed E-state index contributed by atoms with van der Waals surface area (Å²) in [6, 6.07) is 5.06. The zero-order valence-corrected chi connectivity index (χ0v) is 24.8. The monoisotopic (exact) mass is 593 g/mol. The highest BCUT2D eigenvalue weighted by Crippen LogP contribution is 2.67. The van der Waals surface area contributed by atoms with Crippen LogP contribution in [0.15, 0.2) is 39.8 Å². The first-order valence-corrected chi connectivity index (χ1v) is 15.5. The number of esters is 2. The van der Waals surface area contributed by atoms with Crippen LogP contribution >= 0.6 is 0 Å². The molecule has 4 aliphatic carbocycles. The number of aliphatic hydroxyl groups is 2. The van der Waals surface area contributed by atoms with Crippen molar-refractivity contribution in [3.8, 4) is 17.1 Å². The van der Waals surface area contributed by atoms with E-state index in [4.69, 9.17) is 18.6 Å². The largest absolute Gasteiger partial charge is 0.484 e. The highest BCUT2D eigenvalue weighted by Gasteiger charge is 2.70. The number of carbonyl (C=O) groups excluding carboxylic acids is 2. The number of hydrogen-bond donors (Lipinski definition) is 2. The van der Waals surface area contributed by atoms with Gasteiger partial charge in [0.25, 0.3) is 0 Å². The first kappa shape index (κ1) is 28.5. The fraction of sp³-hybridized carbons (Fsp3) is 0.636. The van der Waals surface area contributed by atoms with Crippen molar-refractivity contribution in [2.24, 2.45) is 34.5 Å². The van der Waals surface area contributed by atoms with E-state index in [1.165, 1.54) is 0 Å². The molecule has 2 aromatic rings. The molecule has 4 fully saturated rings. The van der Waals surface area contributed by atoms with E-state index in [9.17, 15) is 24.6 Å². The van der Waals surface area contributed by atoms with Gasteiger partial charge in [-0.1, -0.05) is 13.8 Å². The van der Waals surface area contributed by atoms with Gasteiger partial charge in [-0.05, 0) is 75.3 Å². The minimum atomic E-state index is -1.29. The molecular weight excluding hydrogens is 554 g/mol. The average Bonchev–Trinajstić information content (AvgIpc) is 3.88. The van der Waals surface area contributed by atoms with Gasteiger partial charge in [0.1, 0.15) is 35.4 Å². The Morgan fingerprint density at radius 2 is 1.79 bits per heavy atom. The molecule has 0 bridgehead atoms. The number of hydrogen-bond acceptors (Lipinski definition) is 10. The van der Waals surface area contributed by atoms with Crippen LogP contribution in [0.5, 0.6) is 5.75 Å². The van der Waals surface area contributed by atoms with E-state index in [0.717, 1.165) is 25.7 Å². The summed E-state index contributed by atoms with van der Waals surface area (Å²) < 4.78 is 24.2. The molecule has 7 rings (SSSR count). The van der Waals surface area contributed by atoms with Gasteiger partial charge in [0.15, 0.2) is 0 Å². The van der Waals surface area contributed by atoms with E-state index in [0.29, 0.717) is 18.4 Å². The Labute approximate surface area is 249 Å². The zero-order valence-electron chi connectivity index (χ0n) is 24.8. The molecule has 0 radical (unpaired) electrons. The summed E-state index contributed by atoms with van der Waals surface area (Å²) in [6.07, 6.45) is 4.89. The molecule has 10 heteroatoms. The van der Waals surface area contributed by atoms with Crippen LogP contribution in [0, 0.1) is 34.5 Å². The molecule has 43 heavy (non-hydrogen) atoms. The van der Waals surface area contributed by atoms with E-state index < -0.39 is 46.3 Å². The first-order chi connectivity index (χ1) is 20.5. The predicted molar refractivity (Wildman–Crippen MR) is 152 cm³/mol. The van der Waals surface area contributed by atoms with Crippen LogP contribution in [0.25, 0.3) is 11.3 Å². The molecule has 10 nitrogen and oxygen atoms in total. The molecule has 2 N–H and O–H groups in total. The second kappa shape index (κ2) is 9.89. The van der Waals surface area contributed by atoms with Crippen molar-refractivity contribution in [3.05, 3.63) is 46.6 Å². The fourth-order valence-corrected chi connectivity index (χ4v) is 8.45. The van der Waals surface area contributed by atoms with Gasteiger partial charge in [-0.2, -0.15) is 0 Å². The van der Waals surface area contributed by atoms with Gasteiger partial charge in [-0.15, -0.1) is 0 Å². The number of pyridine rings is 1.